The number of carbonyl (C=O) groups excluding carboxylic acids is 3. The number of halogens is 3. The van der Waals surface area contributed by atoms with Gasteiger partial charge in [0.1, 0.15) is 5.75 Å². The van der Waals surface area contributed by atoms with Gasteiger partial charge in [0.05, 0.1) is 24.3 Å². The van der Waals surface area contributed by atoms with Crippen molar-refractivity contribution in [3.63, 3.8) is 0 Å². The molecule has 2 heterocycles. The number of thiophene rings is 1. The first-order valence-electron chi connectivity index (χ1n) is 13.2. The van der Waals surface area contributed by atoms with E-state index >= 15 is 0 Å². The van der Waals surface area contributed by atoms with Gasteiger partial charge in [0.25, 0.3) is 5.91 Å². The van der Waals surface area contributed by atoms with Crippen LogP contribution in [-0.4, -0.2) is 40.0 Å². The van der Waals surface area contributed by atoms with Gasteiger partial charge >= 0.3 is 6.36 Å². The van der Waals surface area contributed by atoms with E-state index in [1.807, 2.05) is 17.5 Å². The zero-order chi connectivity index (χ0) is 28.9. The average Bonchev–Trinajstić information content (AvgIpc) is 3.51. The smallest absolute Gasteiger partial charge is 0.406 e. The molecular weight excluding hydrogens is 543 g/mol. The SMILES string of the molecule is Cc1c(C(N)=O)cc(C(=O)CN(Cc2cccs2)C(=O)CC2CCCCC2)n1Cc1cccc(OC(F)(F)F)c1. The average molecular weight is 576 g/mol. The van der Waals surface area contributed by atoms with E-state index < -0.39 is 23.8 Å². The van der Waals surface area contributed by atoms with Crippen molar-refractivity contribution in [1.29, 1.82) is 0 Å². The molecule has 11 heteroatoms. The summed E-state index contributed by atoms with van der Waals surface area (Å²) in [6.07, 6.45) is 0.877. The topological polar surface area (TPSA) is 94.6 Å². The van der Waals surface area contributed by atoms with E-state index in [0.717, 1.165) is 30.6 Å². The monoisotopic (exact) mass is 575 g/mol. The van der Waals surface area contributed by atoms with Crippen LogP contribution in [0.1, 0.15) is 75.5 Å². The van der Waals surface area contributed by atoms with Gasteiger partial charge in [-0.25, -0.2) is 0 Å². The normalized spacial score (nSPS) is 14.2. The minimum Gasteiger partial charge on any atom is -0.406 e. The second-order valence-electron chi connectivity index (χ2n) is 10.1. The number of carbonyl (C=O) groups is 3. The first-order valence-corrected chi connectivity index (χ1v) is 14.1. The Labute approximate surface area is 234 Å². The Kier molecular flexibility index (Phi) is 9.34. The molecule has 1 fully saturated rings. The molecule has 3 aromatic rings. The molecule has 0 unspecified atom stereocenters. The summed E-state index contributed by atoms with van der Waals surface area (Å²) in [5, 5.41) is 1.91. The number of aromatic nitrogens is 1. The van der Waals surface area contributed by atoms with Crippen molar-refractivity contribution < 1.29 is 32.3 Å². The van der Waals surface area contributed by atoms with Gasteiger partial charge in [-0.1, -0.05) is 37.5 Å². The lowest BCUT2D eigenvalue weighted by Crippen LogP contribution is -2.37. The molecule has 0 spiro atoms. The standard InChI is InChI=1S/C29H32F3N3O4S/c1-19-24(28(33)38)15-25(35(19)16-21-9-5-10-22(13-21)39-29(30,31)32)26(36)18-34(17-23-11-6-12-40-23)27(37)14-20-7-3-2-4-8-20/h5-6,9-13,15,20H,2-4,7-8,14,16-18H2,1H3,(H2,33,38). The Morgan fingerprint density at radius 1 is 1.10 bits per heavy atom. The lowest BCUT2D eigenvalue weighted by molar-refractivity contribution is -0.274. The van der Waals surface area contributed by atoms with Crippen molar-refractivity contribution in [2.75, 3.05) is 6.54 Å². The summed E-state index contributed by atoms with van der Waals surface area (Å²) in [6.45, 7) is 1.69. The van der Waals surface area contributed by atoms with Crippen molar-refractivity contribution in [3.8, 4) is 5.75 Å². The molecule has 0 saturated heterocycles. The van der Waals surface area contributed by atoms with Crippen LogP contribution in [0.3, 0.4) is 0 Å². The van der Waals surface area contributed by atoms with Crippen LogP contribution < -0.4 is 10.5 Å². The molecule has 4 rings (SSSR count). The van der Waals surface area contributed by atoms with Gasteiger partial charge in [-0.3, -0.25) is 14.4 Å². The molecule has 1 aromatic carbocycles. The fraction of sp³-hybridized carbons (Fsp3) is 0.414. The van der Waals surface area contributed by atoms with Gasteiger partial charge in [0, 0.05) is 23.5 Å². The number of nitrogens with two attached hydrogens (primary N) is 1. The number of nitrogens with zero attached hydrogens (tertiary/aromatic N) is 2. The van der Waals surface area contributed by atoms with Crippen LogP contribution in [0.4, 0.5) is 13.2 Å². The van der Waals surface area contributed by atoms with Gasteiger partial charge in [-0.05, 0) is 60.9 Å². The Morgan fingerprint density at radius 3 is 2.50 bits per heavy atom. The Balaban J connectivity index is 1.60. The molecule has 1 saturated carbocycles. The molecule has 0 aliphatic heterocycles. The van der Waals surface area contributed by atoms with Crippen molar-refractivity contribution in [2.45, 2.75) is 64.9 Å². The van der Waals surface area contributed by atoms with Crippen LogP contribution in [0.5, 0.6) is 5.75 Å². The van der Waals surface area contributed by atoms with E-state index in [1.54, 1.807) is 22.5 Å². The number of hydrogen-bond donors (Lipinski definition) is 1. The fourth-order valence-corrected chi connectivity index (χ4v) is 5.92. The van der Waals surface area contributed by atoms with E-state index in [-0.39, 0.29) is 36.8 Å². The number of ketones is 1. The third-order valence-corrected chi connectivity index (χ3v) is 8.05. The van der Waals surface area contributed by atoms with Crippen LogP contribution in [-0.2, 0) is 17.9 Å². The highest BCUT2D eigenvalue weighted by atomic mass is 32.1. The predicted molar refractivity (Wildman–Crippen MR) is 145 cm³/mol. The lowest BCUT2D eigenvalue weighted by Gasteiger charge is -2.26. The van der Waals surface area contributed by atoms with E-state index in [4.69, 9.17) is 5.73 Å². The summed E-state index contributed by atoms with van der Waals surface area (Å²) < 4.78 is 43.8. The summed E-state index contributed by atoms with van der Waals surface area (Å²) in [6, 6.07) is 10.6. The predicted octanol–water partition coefficient (Wildman–Crippen LogP) is 6.09. The molecule has 40 heavy (non-hydrogen) atoms. The zero-order valence-corrected chi connectivity index (χ0v) is 23.0. The molecule has 2 N–H and O–H groups in total. The molecule has 2 aromatic heterocycles. The van der Waals surface area contributed by atoms with Gasteiger partial charge in [-0.2, -0.15) is 0 Å². The number of benzene rings is 1. The lowest BCUT2D eigenvalue weighted by atomic mass is 9.86. The third kappa shape index (κ3) is 7.74. The maximum absolute atomic E-state index is 13.7. The minimum absolute atomic E-state index is 0.00378. The summed E-state index contributed by atoms with van der Waals surface area (Å²) in [7, 11) is 0. The summed E-state index contributed by atoms with van der Waals surface area (Å²) in [4.78, 5) is 41.7. The molecule has 0 bridgehead atoms. The second-order valence-corrected chi connectivity index (χ2v) is 11.2. The van der Waals surface area contributed by atoms with Crippen molar-refractivity contribution in [2.24, 2.45) is 11.7 Å². The molecule has 0 atom stereocenters. The maximum atomic E-state index is 13.7. The van der Waals surface area contributed by atoms with Gasteiger partial charge in [0.2, 0.25) is 5.91 Å². The number of ether oxygens (including phenoxy) is 1. The van der Waals surface area contributed by atoms with Crippen LogP contribution in [0.15, 0.2) is 47.8 Å². The first-order chi connectivity index (χ1) is 19.0. The highest BCUT2D eigenvalue weighted by molar-refractivity contribution is 7.09. The number of rotatable bonds is 11. The van der Waals surface area contributed by atoms with Crippen LogP contribution in [0, 0.1) is 12.8 Å². The third-order valence-electron chi connectivity index (χ3n) is 7.19. The van der Waals surface area contributed by atoms with Crippen molar-refractivity contribution >= 4 is 28.9 Å². The maximum Gasteiger partial charge on any atom is 0.573 e. The van der Waals surface area contributed by atoms with Crippen molar-refractivity contribution in [1.82, 2.24) is 9.47 Å². The highest BCUT2D eigenvalue weighted by Crippen LogP contribution is 2.28. The zero-order valence-electron chi connectivity index (χ0n) is 22.2. The minimum atomic E-state index is -4.85. The molecule has 214 valence electrons. The Bertz CT molecular complexity index is 1340. The Hall–Kier alpha value is -3.60. The second kappa shape index (κ2) is 12.7. The fourth-order valence-electron chi connectivity index (χ4n) is 5.20. The number of primary amides is 1. The molecule has 1 aliphatic rings. The van der Waals surface area contributed by atoms with Gasteiger partial charge in [0.15, 0.2) is 5.78 Å². The molecule has 7 nitrogen and oxygen atoms in total. The van der Waals surface area contributed by atoms with Crippen LogP contribution in [0.2, 0.25) is 0 Å². The number of amides is 2. The largest absolute Gasteiger partial charge is 0.573 e. The number of hydrogen-bond acceptors (Lipinski definition) is 5. The summed E-state index contributed by atoms with van der Waals surface area (Å²) in [5.74, 6) is -1.33. The van der Waals surface area contributed by atoms with E-state index in [0.29, 0.717) is 23.6 Å². The van der Waals surface area contributed by atoms with Crippen LogP contribution in [0.25, 0.3) is 0 Å². The summed E-state index contributed by atoms with van der Waals surface area (Å²) >= 11 is 1.49. The van der Waals surface area contributed by atoms with Crippen LogP contribution >= 0.6 is 11.3 Å². The number of alkyl halides is 3. The van der Waals surface area contributed by atoms with Gasteiger partial charge in [-0.15, -0.1) is 24.5 Å². The Morgan fingerprint density at radius 2 is 1.85 bits per heavy atom. The molecular formula is C29H32F3N3O4S. The first kappa shape index (κ1) is 29.4. The molecule has 1 aliphatic carbocycles. The number of Topliss-reactive ketones (excluding diaryl/α,β-unsaturated/α-hetero) is 1. The molecule has 0 radical (unpaired) electrons. The highest BCUT2D eigenvalue weighted by Gasteiger charge is 2.31. The summed E-state index contributed by atoms with van der Waals surface area (Å²) in [5.41, 5.74) is 6.66. The van der Waals surface area contributed by atoms with Crippen molar-refractivity contribution in [3.05, 3.63) is 75.2 Å². The van der Waals surface area contributed by atoms with E-state index in [2.05, 4.69) is 4.74 Å². The molecule has 2 amide bonds. The van der Waals surface area contributed by atoms with Gasteiger partial charge < -0.3 is 19.9 Å². The quantitative estimate of drug-likeness (QED) is 0.280. The van der Waals surface area contributed by atoms with E-state index in [1.165, 1.54) is 42.0 Å². The van der Waals surface area contributed by atoms with E-state index in [9.17, 15) is 27.6 Å².